The Kier molecular flexibility index (Phi) is 7.39. The minimum atomic E-state index is -3.20. The van der Waals surface area contributed by atoms with Crippen LogP contribution in [-0.4, -0.2) is 50.6 Å². The van der Waals surface area contributed by atoms with Gasteiger partial charge >= 0.3 is 0 Å². The van der Waals surface area contributed by atoms with Crippen molar-refractivity contribution in [3.05, 3.63) is 0 Å². The van der Waals surface area contributed by atoms with Crippen LogP contribution in [0.1, 0.15) is 32.1 Å². The van der Waals surface area contributed by atoms with Crippen LogP contribution < -0.4 is 11.1 Å². The van der Waals surface area contributed by atoms with E-state index >= 15 is 0 Å². The topological polar surface area (TPSA) is 92.5 Å². The summed E-state index contributed by atoms with van der Waals surface area (Å²) in [5, 5.41) is 2.75. The quantitative estimate of drug-likeness (QED) is 0.699. The third-order valence-electron chi connectivity index (χ3n) is 4.07. The van der Waals surface area contributed by atoms with Crippen LogP contribution >= 0.6 is 12.4 Å². The summed E-state index contributed by atoms with van der Waals surface area (Å²) in [6.07, 6.45) is 4.61. The highest BCUT2D eigenvalue weighted by molar-refractivity contribution is 7.89. The molecule has 1 aliphatic carbocycles. The molecule has 1 saturated carbocycles. The van der Waals surface area contributed by atoms with E-state index in [-0.39, 0.29) is 30.0 Å². The second kappa shape index (κ2) is 8.31. The van der Waals surface area contributed by atoms with Crippen LogP contribution in [-0.2, 0) is 14.8 Å². The fraction of sp³-hybridized carbons (Fsp3) is 0.923. The van der Waals surface area contributed by atoms with Gasteiger partial charge in [-0.1, -0.05) is 12.8 Å². The molecule has 0 aromatic carbocycles. The molecule has 1 unspecified atom stereocenters. The van der Waals surface area contributed by atoms with Gasteiger partial charge in [-0.3, -0.25) is 4.79 Å². The Hall–Kier alpha value is -0.370. The summed E-state index contributed by atoms with van der Waals surface area (Å²) in [4.78, 5) is 11.9. The predicted molar refractivity (Wildman–Crippen MR) is 84.7 cm³/mol. The van der Waals surface area contributed by atoms with Crippen molar-refractivity contribution in [1.82, 2.24) is 9.62 Å². The molecular weight excluding hydrogens is 314 g/mol. The van der Waals surface area contributed by atoms with Crippen LogP contribution in [0.2, 0.25) is 0 Å². The molecule has 1 atom stereocenters. The summed E-state index contributed by atoms with van der Waals surface area (Å²) in [6.45, 7) is 1.72. The number of sulfonamides is 1. The van der Waals surface area contributed by atoms with Crippen molar-refractivity contribution >= 4 is 28.3 Å². The van der Waals surface area contributed by atoms with Crippen molar-refractivity contribution in [2.75, 3.05) is 31.9 Å². The number of piperidine rings is 1. The molecule has 0 radical (unpaired) electrons. The van der Waals surface area contributed by atoms with E-state index in [1.807, 2.05) is 0 Å². The first kappa shape index (κ1) is 18.7. The summed E-state index contributed by atoms with van der Waals surface area (Å²) in [7, 11) is -3.20. The van der Waals surface area contributed by atoms with Gasteiger partial charge < -0.3 is 11.1 Å². The predicted octanol–water partition coefficient (Wildman–Crippen LogP) is 0.325. The Morgan fingerprint density at radius 2 is 2.00 bits per heavy atom. The van der Waals surface area contributed by atoms with E-state index in [2.05, 4.69) is 5.32 Å². The number of rotatable bonds is 7. The van der Waals surface area contributed by atoms with E-state index in [9.17, 15) is 13.2 Å². The maximum atomic E-state index is 12.3. The average molecular weight is 340 g/mol. The number of carbonyl (C=O) groups excluding carboxylic acids is 1. The van der Waals surface area contributed by atoms with Gasteiger partial charge in [-0.15, -0.1) is 12.4 Å². The summed E-state index contributed by atoms with van der Waals surface area (Å²) in [6, 6.07) is 0. The average Bonchev–Trinajstić information content (AvgIpc) is 3.27. The van der Waals surface area contributed by atoms with Crippen molar-refractivity contribution in [2.24, 2.45) is 17.6 Å². The van der Waals surface area contributed by atoms with Gasteiger partial charge in [-0.05, 0) is 25.2 Å². The van der Waals surface area contributed by atoms with Gasteiger partial charge in [0.1, 0.15) is 0 Å². The number of nitrogens with zero attached hydrogens (tertiary/aromatic N) is 1. The zero-order valence-corrected chi connectivity index (χ0v) is 13.9. The third kappa shape index (κ3) is 5.73. The smallest absolute Gasteiger partial charge is 0.224 e. The second-order valence-corrected chi connectivity index (χ2v) is 7.91. The normalized spacial score (nSPS) is 23.4. The molecule has 1 heterocycles. The molecule has 1 saturated heterocycles. The number of nitrogens with two attached hydrogens (primary N) is 1. The fourth-order valence-corrected chi connectivity index (χ4v) is 4.30. The van der Waals surface area contributed by atoms with E-state index < -0.39 is 10.0 Å². The van der Waals surface area contributed by atoms with Crippen LogP contribution in [0.3, 0.4) is 0 Å². The molecule has 1 aliphatic heterocycles. The first-order valence-electron chi connectivity index (χ1n) is 7.48. The van der Waals surface area contributed by atoms with Crippen molar-refractivity contribution in [2.45, 2.75) is 32.1 Å². The first-order valence-corrected chi connectivity index (χ1v) is 9.09. The Balaban J connectivity index is 0.00000220. The van der Waals surface area contributed by atoms with Gasteiger partial charge in [0.25, 0.3) is 0 Å². The number of amides is 1. The van der Waals surface area contributed by atoms with Gasteiger partial charge in [0, 0.05) is 26.2 Å². The molecule has 0 aromatic heterocycles. The number of hydrogen-bond donors (Lipinski definition) is 2. The van der Waals surface area contributed by atoms with E-state index in [1.54, 1.807) is 0 Å². The molecule has 2 fully saturated rings. The van der Waals surface area contributed by atoms with E-state index in [1.165, 1.54) is 17.1 Å². The number of nitrogens with one attached hydrogen (secondary N) is 1. The number of carbonyl (C=O) groups is 1. The van der Waals surface area contributed by atoms with Gasteiger partial charge in [-0.25, -0.2) is 12.7 Å². The van der Waals surface area contributed by atoms with Crippen LogP contribution in [0.5, 0.6) is 0 Å². The lowest BCUT2D eigenvalue weighted by atomic mass is 9.99. The molecule has 3 N–H and O–H groups in total. The highest BCUT2D eigenvalue weighted by Gasteiger charge is 2.33. The lowest BCUT2D eigenvalue weighted by Gasteiger charge is -2.31. The molecule has 2 rings (SSSR count). The maximum Gasteiger partial charge on any atom is 0.224 e. The van der Waals surface area contributed by atoms with Crippen molar-refractivity contribution in [1.29, 1.82) is 0 Å². The standard InChI is InChI=1S/C13H25N3O3S.ClH/c14-6-7-15-13(17)12-2-1-8-16(10-12)20(18,19)9-5-11-3-4-11;/h11-12H,1-10,14H2,(H,15,17);1H. The van der Waals surface area contributed by atoms with Gasteiger partial charge in [-0.2, -0.15) is 0 Å². The zero-order chi connectivity index (χ0) is 14.6. The van der Waals surface area contributed by atoms with Crippen molar-refractivity contribution in [3.8, 4) is 0 Å². The van der Waals surface area contributed by atoms with Gasteiger partial charge in [0.15, 0.2) is 0 Å². The molecule has 2 aliphatic rings. The van der Waals surface area contributed by atoms with Crippen LogP contribution in [0.15, 0.2) is 0 Å². The van der Waals surface area contributed by atoms with Crippen molar-refractivity contribution < 1.29 is 13.2 Å². The Morgan fingerprint density at radius 3 is 2.62 bits per heavy atom. The monoisotopic (exact) mass is 339 g/mol. The lowest BCUT2D eigenvalue weighted by Crippen LogP contribution is -2.46. The second-order valence-electron chi connectivity index (χ2n) is 5.82. The van der Waals surface area contributed by atoms with Crippen LogP contribution in [0.4, 0.5) is 0 Å². The molecule has 1 amide bonds. The molecule has 21 heavy (non-hydrogen) atoms. The van der Waals surface area contributed by atoms with E-state index in [4.69, 9.17) is 5.73 Å². The highest BCUT2D eigenvalue weighted by atomic mass is 35.5. The SMILES string of the molecule is Cl.NCCNC(=O)C1CCCN(S(=O)(=O)CCC2CC2)C1. The fourth-order valence-electron chi connectivity index (χ4n) is 2.60. The summed E-state index contributed by atoms with van der Waals surface area (Å²) >= 11 is 0. The molecule has 124 valence electrons. The Morgan fingerprint density at radius 1 is 1.29 bits per heavy atom. The van der Waals surface area contributed by atoms with Crippen LogP contribution in [0.25, 0.3) is 0 Å². The highest BCUT2D eigenvalue weighted by Crippen LogP contribution is 2.33. The lowest BCUT2D eigenvalue weighted by molar-refractivity contribution is -0.126. The summed E-state index contributed by atoms with van der Waals surface area (Å²) in [5.74, 6) is 0.538. The minimum absolute atomic E-state index is 0. The van der Waals surface area contributed by atoms with Crippen molar-refractivity contribution in [3.63, 3.8) is 0 Å². The Labute approximate surface area is 133 Å². The van der Waals surface area contributed by atoms with Gasteiger partial charge in [0.2, 0.25) is 15.9 Å². The molecule has 0 bridgehead atoms. The molecular formula is C13H26ClN3O3S. The zero-order valence-electron chi connectivity index (χ0n) is 12.3. The summed E-state index contributed by atoms with van der Waals surface area (Å²) < 4.78 is 26.1. The number of halogens is 1. The largest absolute Gasteiger partial charge is 0.355 e. The molecule has 8 heteroatoms. The van der Waals surface area contributed by atoms with Crippen LogP contribution in [0, 0.1) is 11.8 Å². The summed E-state index contributed by atoms with van der Waals surface area (Å²) in [5.41, 5.74) is 5.36. The van der Waals surface area contributed by atoms with E-state index in [0.717, 1.165) is 19.3 Å². The molecule has 0 aromatic rings. The van der Waals surface area contributed by atoms with Gasteiger partial charge in [0.05, 0.1) is 11.7 Å². The Bertz CT molecular complexity index is 440. The minimum Gasteiger partial charge on any atom is -0.355 e. The molecule has 6 nitrogen and oxygen atoms in total. The third-order valence-corrected chi connectivity index (χ3v) is 5.94. The van der Waals surface area contributed by atoms with E-state index in [0.29, 0.717) is 32.1 Å². The first-order chi connectivity index (χ1) is 9.53. The molecule has 0 spiro atoms. The maximum absolute atomic E-state index is 12.3. The number of hydrogen-bond acceptors (Lipinski definition) is 4.